The van der Waals surface area contributed by atoms with E-state index in [1.165, 1.54) is 0 Å². The van der Waals surface area contributed by atoms with Gasteiger partial charge in [0.2, 0.25) is 0 Å². The van der Waals surface area contributed by atoms with Gasteiger partial charge in [-0.25, -0.2) is 4.79 Å². The summed E-state index contributed by atoms with van der Waals surface area (Å²) in [5, 5.41) is 12.3. The van der Waals surface area contributed by atoms with Crippen molar-refractivity contribution in [1.82, 2.24) is 0 Å². The van der Waals surface area contributed by atoms with E-state index in [0.29, 0.717) is 15.7 Å². The molecule has 0 radical (unpaired) electrons. The lowest BCUT2D eigenvalue weighted by molar-refractivity contribution is 0.0635. The molecule has 106 valence electrons. The van der Waals surface area contributed by atoms with Crippen molar-refractivity contribution < 1.29 is 14.6 Å². The average Bonchev–Trinajstić information content (AvgIpc) is 2.28. The predicted molar refractivity (Wildman–Crippen MR) is 78.0 cm³/mol. The SMILES string of the molecule is CC(C)(C)OC(=O)Nc1cc(C(O)CN)ccc1Br. The Kier molecular flexibility index (Phi) is 5.34. The normalized spacial score (nSPS) is 12.9. The Morgan fingerprint density at radius 1 is 1.53 bits per heavy atom. The monoisotopic (exact) mass is 330 g/mol. The summed E-state index contributed by atoms with van der Waals surface area (Å²) in [5.74, 6) is 0. The Morgan fingerprint density at radius 3 is 2.68 bits per heavy atom. The number of nitrogens with one attached hydrogen (secondary N) is 1. The number of anilines is 1. The first-order valence-corrected chi connectivity index (χ1v) is 6.70. The van der Waals surface area contributed by atoms with Crippen LogP contribution in [0.15, 0.2) is 22.7 Å². The number of carbonyl (C=O) groups excluding carboxylic acids is 1. The van der Waals surface area contributed by atoms with Gasteiger partial charge in [0.05, 0.1) is 11.8 Å². The molecule has 6 heteroatoms. The Bertz CT molecular complexity index is 458. The van der Waals surface area contributed by atoms with Gasteiger partial charge in [0.1, 0.15) is 5.60 Å². The van der Waals surface area contributed by atoms with Crippen LogP contribution in [0.3, 0.4) is 0 Å². The van der Waals surface area contributed by atoms with Crippen LogP contribution in [0.5, 0.6) is 0 Å². The first-order chi connectivity index (χ1) is 8.73. The lowest BCUT2D eigenvalue weighted by Gasteiger charge is -2.20. The van der Waals surface area contributed by atoms with Gasteiger partial charge in [0.25, 0.3) is 0 Å². The molecule has 0 aliphatic carbocycles. The highest BCUT2D eigenvalue weighted by atomic mass is 79.9. The van der Waals surface area contributed by atoms with Crippen molar-refractivity contribution in [2.24, 2.45) is 5.73 Å². The summed E-state index contributed by atoms with van der Waals surface area (Å²) in [6, 6.07) is 5.13. The first kappa shape index (κ1) is 15.9. The van der Waals surface area contributed by atoms with Crippen LogP contribution in [0.25, 0.3) is 0 Å². The van der Waals surface area contributed by atoms with E-state index in [9.17, 15) is 9.90 Å². The van der Waals surface area contributed by atoms with Gasteiger partial charge in [-0.15, -0.1) is 0 Å². The molecule has 1 rings (SSSR count). The van der Waals surface area contributed by atoms with E-state index in [2.05, 4.69) is 21.2 Å². The van der Waals surface area contributed by atoms with E-state index in [4.69, 9.17) is 10.5 Å². The van der Waals surface area contributed by atoms with Crippen LogP contribution in [0.4, 0.5) is 10.5 Å². The molecule has 1 amide bonds. The molecular formula is C13H19BrN2O3. The van der Waals surface area contributed by atoms with Crippen LogP contribution in [0.2, 0.25) is 0 Å². The molecule has 0 aromatic heterocycles. The number of nitrogens with two attached hydrogens (primary N) is 1. The van der Waals surface area contributed by atoms with Gasteiger partial charge in [0, 0.05) is 11.0 Å². The van der Waals surface area contributed by atoms with Crippen molar-refractivity contribution in [3.63, 3.8) is 0 Å². The first-order valence-electron chi connectivity index (χ1n) is 5.90. The molecule has 1 atom stereocenters. The van der Waals surface area contributed by atoms with Crippen LogP contribution in [0, 0.1) is 0 Å². The molecule has 4 N–H and O–H groups in total. The molecule has 1 aromatic carbocycles. The van der Waals surface area contributed by atoms with Crippen LogP contribution in [-0.4, -0.2) is 23.3 Å². The maximum atomic E-state index is 11.7. The summed E-state index contributed by atoms with van der Waals surface area (Å²) in [7, 11) is 0. The van der Waals surface area contributed by atoms with Crippen LogP contribution in [-0.2, 0) is 4.74 Å². The van der Waals surface area contributed by atoms with Gasteiger partial charge in [0.15, 0.2) is 0 Å². The van der Waals surface area contributed by atoms with Crippen molar-refractivity contribution >= 4 is 27.7 Å². The Morgan fingerprint density at radius 2 is 2.16 bits per heavy atom. The minimum Gasteiger partial charge on any atom is -0.444 e. The third-order valence-electron chi connectivity index (χ3n) is 2.23. The molecule has 0 saturated heterocycles. The maximum Gasteiger partial charge on any atom is 0.412 e. The molecule has 1 aromatic rings. The number of benzene rings is 1. The molecule has 0 spiro atoms. The van der Waals surface area contributed by atoms with Crippen LogP contribution < -0.4 is 11.1 Å². The largest absolute Gasteiger partial charge is 0.444 e. The molecule has 5 nitrogen and oxygen atoms in total. The fourth-order valence-electron chi connectivity index (χ4n) is 1.40. The second kappa shape index (κ2) is 6.36. The smallest absolute Gasteiger partial charge is 0.412 e. The van der Waals surface area contributed by atoms with E-state index >= 15 is 0 Å². The van der Waals surface area contributed by atoms with Gasteiger partial charge in [-0.1, -0.05) is 6.07 Å². The van der Waals surface area contributed by atoms with E-state index < -0.39 is 17.8 Å². The van der Waals surface area contributed by atoms with Crippen LogP contribution in [0.1, 0.15) is 32.4 Å². The molecule has 19 heavy (non-hydrogen) atoms. The van der Waals surface area contributed by atoms with Crippen molar-refractivity contribution in [1.29, 1.82) is 0 Å². The number of hydrogen-bond acceptors (Lipinski definition) is 4. The zero-order valence-electron chi connectivity index (χ0n) is 11.2. The number of aliphatic hydroxyl groups excluding tert-OH is 1. The Labute approximate surface area is 121 Å². The fourth-order valence-corrected chi connectivity index (χ4v) is 1.74. The van der Waals surface area contributed by atoms with E-state index in [0.717, 1.165) is 0 Å². The summed E-state index contributed by atoms with van der Waals surface area (Å²) in [6.07, 6.45) is -1.31. The number of amides is 1. The quantitative estimate of drug-likeness (QED) is 0.795. The molecule has 0 heterocycles. The second-order valence-corrected chi connectivity index (χ2v) is 5.97. The summed E-state index contributed by atoms with van der Waals surface area (Å²) < 4.78 is 5.87. The topological polar surface area (TPSA) is 84.6 Å². The number of carbonyl (C=O) groups is 1. The van der Waals surface area contributed by atoms with Gasteiger partial charge < -0.3 is 15.6 Å². The second-order valence-electron chi connectivity index (χ2n) is 5.12. The zero-order chi connectivity index (χ0) is 14.6. The third-order valence-corrected chi connectivity index (χ3v) is 2.93. The summed E-state index contributed by atoms with van der Waals surface area (Å²) in [5.41, 5.74) is 6.00. The van der Waals surface area contributed by atoms with Crippen molar-refractivity contribution in [2.75, 3.05) is 11.9 Å². The Balaban J connectivity index is 2.85. The molecule has 0 aliphatic heterocycles. The van der Waals surface area contributed by atoms with Crippen molar-refractivity contribution in [3.05, 3.63) is 28.2 Å². The molecule has 1 unspecified atom stereocenters. The van der Waals surface area contributed by atoms with E-state index in [-0.39, 0.29) is 6.54 Å². The summed E-state index contributed by atoms with van der Waals surface area (Å²) >= 11 is 3.33. The highest BCUT2D eigenvalue weighted by Gasteiger charge is 2.17. The van der Waals surface area contributed by atoms with Crippen molar-refractivity contribution in [3.8, 4) is 0 Å². The lowest BCUT2D eigenvalue weighted by Crippen LogP contribution is -2.27. The average molecular weight is 331 g/mol. The molecule has 0 fully saturated rings. The molecule has 0 saturated carbocycles. The minimum atomic E-state index is -0.757. The van der Waals surface area contributed by atoms with E-state index in [1.807, 2.05) is 0 Å². The fraction of sp³-hybridized carbons (Fsp3) is 0.462. The van der Waals surface area contributed by atoms with Gasteiger partial charge in [-0.05, 0) is 54.4 Å². The number of ether oxygens (including phenoxy) is 1. The highest BCUT2D eigenvalue weighted by molar-refractivity contribution is 9.10. The molecular weight excluding hydrogens is 312 g/mol. The van der Waals surface area contributed by atoms with Gasteiger partial charge >= 0.3 is 6.09 Å². The van der Waals surface area contributed by atoms with Crippen molar-refractivity contribution in [2.45, 2.75) is 32.5 Å². The zero-order valence-corrected chi connectivity index (χ0v) is 12.8. The molecule has 0 aliphatic rings. The highest BCUT2D eigenvalue weighted by Crippen LogP contribution is 2.26. The number of rotatable bonds is 3. The Hall–Kier alpha value is -1.11. The number of halogens is 1. The van der Waals surface area contributed by atoms with Crippen LogP contribution >= 0.6 is 15.9 Å². The summed E-state index contributed by atoms with van der Waals surface area (Å²) in [4.78, 5) is 11.7. The van der Waals surface area contributed by atoms with Gasteiger partial charge in [-0.3, -0.25) is 5.32 Å². The lowest BCUT2D eigenvalue weighted by atomic mass is 10.1. The third kappa shape index (κ3) is 5.18. The maximum absolute atomic E-state index is 11.7. The molecule has 0 bridgehead atoms. The summed E-state index contributed by atoms with van der Waals surface area (Å²) in [6.45, 7) is 5.48. The number of hydrogen-bond donors (Lipinski definition) is 3. The van der Waals surface area contributed by atoms with Gasteiger partial charge in [-0.2, -0.15) is 0 Å². The van der Waals surface area contributed by atoms with E-state index in [1.54, 1.807) is 39.0 Å². The minimum absolute atomic E-state index is 0.119. The number of aliphatic hydroxyl groups is 1. The standard InChI is InChI=1S/C13H19BrN2O3/c1-13(2,3)19-12(18)16-10-6-8(11(17)7-15)4-5-9(10)14/h4-6,11,17H,7,15H2,1-3H3,(H,16,18). The predicted octanol–water partition coefficient (Wildman–Crippen LogP) is 2.79.